The Morgan fingerprint density at radius 2 is 2.09 bits per heavy atom. The van der Waals surface area contributed by atoms with Crippen LogP contribution in [0.2, 0.25) is 0 Å². The lowest BCUT2D eigenvalue weighted by Crippen LogP contribution is -2.51. The van der Waals surface area contributed by atoms with E-state index in [0.29, 0.717) is 0 Å². The highest BCUT2D eigenvalue weighted by Gasteiger charge is 2.38. The summed E-state index contributed by atoms with van der Waals surface area (Å²) in [4.78, 5) is 13.6. The highest BCUT2D eigenvalue weighted by Crippen LogP contribution is 2.39. The van der Waals surface area contributed by atoms with Crippen molar-refractivity contribution in [2.45, 2.75) is 63.6 Å². The molecule has 1 aromatic carbocycles. The van der Waals surface area contributed by atoms with Gasteiger partial charge in [0.1, 0.15) is 6.23 Å². The van der Waals surface area contributed by atoms with Crippen molar-refractivity contribution in [3.63, 3.8) is 0 Å². The summed E-state index contributed by atoms with van der Waals surface area (Å²) < 4.78 is 6.74. The molecule has 1 unspecified atom stereocenters. The van der Waals surface area contributed by atoms with Crippen molar-refractivity contribution in [2.75, 3.05) is 7.11 Å². The zero-order chi connectivity index (χ0) is 16.8. The summed E-state index contributed by atoms with van der Waals surface area (Å²) in [5.41, 5.74) is 1.27. The zero-order valence-corrected chi connectivity index (χ0v) is 16.0. The topological polar surface area (TPSA) is 49.8 Å². The Morgan fingerprint density at radius 3 is 2.70 bits per heavy atom. The van der Waals surface area contributed by atoms with Gasteiger partial charge in [0.15, 0.2) is 0 Å². The van der Waals surface area contributed by atoms with Crippen LogP contribution in [0.15, 0.2) is 24.3 Å². The molecule has 0 radical (unpaired) electrons. The molecule has 1 fully saturated rings. The molecule has 1 N–H and O–H groups in total. The molecule has 1 aliphatic carbocycles. The zero-order valence-electron chi connectivity index (χ0n) is 13.9. The van der Waals surface area contributed by atoms with Crippen molar-refractivity contribution in [3.8, 4) is 0 Å². The number of benzene rings is 1. The maximum Gasteiger partial charge on any atom is 0.409 e. The fraction of sp³-hybridized carbons (Fsp3) is 0.611. The van der Waals surface area contributed by atoms with E-state index in [2.05, 4.69) is 41.6 Å². The standard InChI is InChI=1S/C18H26INO3/c1-3-8-17(23-2)20(18(21)22)16-12-7-5-10-14(16)13-9-4-6-11-15(13)19/h4,6,9,11,14,16-17H,3,5,7-8,10,12H2,1-2H3,(H,21,22)/t14-,16-,17?/m0/s1. The van der Waals surface area contributed by atoms with Crippen LogP contribution in [0.25, 0.3) is 0 Å². The van der Waals surface area contributed by atoms with Crippen LogP contribution in [0.1, 0.15) is 56.9 Å². The fourth-order valence-electron chi connectivity index (χ4n) is 3.68. The highest BCUT2D eigenvalue weighted by molar-refractivity contribution is 14.1. The lowest BCUT2D eigenvalue weighted by atomic mass is 9.79. The second-order valence-corrected chi connectivity index (χ2v) is 7.31. The van der Waals surface area contributed by atoms with Gasteiger partial charge >= 0.3 is 6.09 Å². The normalized spacial score (nSPS) is 22.6. The minimum atomic E-state index is -0.867. The summed E-state index contributed by atoms with van der Waals surface area (Å²) in [5.74, 6) is 0.252. The molecule has 4 nitrogen and oxygen atoms in total. The Kier molecular flexibility index (Phi) is 7.14. The number of carbonyl (C=O) groups is 1. The first-order valence-corrected chi connectivity index (χ1v) is 9.46. The molecule has 0 saturated heterocycles. The maximum absolute atomic E-state index is 12.0. The van der Waals surface area contributed by atoms with Gasteiger partial charge in [0.25, 0.3) is 0 Å². The van der Waals surface area contributed by atoms with Crippen LogP contribution >= 0.6 is 22.6 Å². The molecular weight excluding hydrogens is 405 g/mol. The number of carboxylic acid groups (broad SMARTS) is 1. The molecule has 0 bridgehead atoms. The van der Waals surface area contributed by atoms with Gasteiger partial charge in [-0.05, 0) is 53.5 Å². The molecule has 0 heterocycles. The second kappa shape index (κ2) is 8.87. The number of hydrogen-bond acceptors (Lipinski definition) is 2. The molecule has 0 spiro atoms. The number of ether oxygens (including phenoxy) is 1. The minimum absolute atomic E-state index is 0.00586. The predicted octanol–water partition coefficient (Wildman–Crippen LogP) is 5.07. The molecule has 1 aliphatic rings. The van der Waals surface area contributed by atoms with E-state index < -0.39 is 6.09 Å². The summed E-state index contributed by atoms with van der Waals surface area (Å²) in [6, 6.07) is 8.33. The van der Waals surface area contributed by atoms with Crippen LogP contribution in [-0.2, 0) is 4.74 Å². The Bertz CT molecular complexity index is 523. The van der Waals surface area contributed by atoms with Crippen LogP contribution in [0, 0.1) is 3.57 Å². The van der Waals surface area contributed by atoms with E-state index >= 15 is 0 Å². The van der Waals surface area contributed by atoms with Gasteiger partial charge in [-0.3, -0.25) is 4.90 Å². The Morgan fingerprint density at radius 1 is 1.39 bits per heavy atom. The van der Waals surface area contributed by atoms with Crippen molar-refractivity contribution in [2.24, 2.45) is 0 Å². The molecule has 1 aromatic rings. The van der Waals surface area contributed by atoms with Crippen LogP contribution in [-0.4, -0.2) is 35.5 Å². The average molecular weight is 431 g/mol. The maximum atomic E-state index is 12.0. The summed E-state index contributed by atoms with van der Waals surface area (Å²) in [7, 11) is 1.61. The summed E-state index contributed by atoms with van der Waals surface area (Å²) >= 11 is 2.36. The molecule has 128 valence electrons. The van der Waals surface area contributed by atoms with Gasteiger partial charge in [-0.1, -0.05) is 44.4 Å². The number of halogens is 1. The molecule has 3 atom stereocenters. The SMILES string of the molecule is CCCC(OC)N(C(=O)O)[C@H]1CCCC[C@H]1c1ccccc1I. The predicted molar refractivity (Wildman–Crippen MR) is 99.7 cm³/mol. The van der Waals surface area contributed by atoms with Gasteiger partial charge in [-0.2, -0.15) is 0 Å². The molecular formula is C18H26INO3. The molecule has 5 heteroatoms. The first-order chi connectivity index (χ1) is 11.1. The number of hydrogen-bond donors (Lipinski definition) is 1. The van der Waals surface area contributed by atoms with Crippen LogP contribution < -0.4 is 0 Å². The summed E-state index contributed by atoms with van der Waals surface area (Å²) in [5, 5.41) is 9.83. The van der Waals surface area contributed by atoms with Crippen molar-refractivity contribution < 1.29 is 14.6 Å². The third kappa shape index (κ3) is 4.38. The van der Waals surface area contributed by atoms with E-state index in [-0.39, 0.29) is 18.2 Å². The molecule has 2 rings (SSSR count). The van der Waals surface area contributed by atoms with Crippen molar-refractivity contribution in [1.29, 1.82) is 0 Å². The van der Waals surface area contributed by atoms with Crippen molar-refractivity contribution in [3.05, 3.63) is 33.4 Å². The van der Waals surface area contributed by atoms with E-state index in [1.165, 1.54) is 9.13 Å². The Hall–Kier alpha value is -0.820. The smallest absolute Gasteiger partial charge is 0.409 e. The molecule has 0 aromatic heterocycles. The quantitative estimate of drug-likeness (QED) is 0.506. The monoisotopic (exact) mass is 431 g/mol. The first kappa shape index (κ1) is 18.5. The summed E-state index contributed by atoms with van der Waals surface area (Å²) in [6.07, 6.45) is 4.60. The van der Waals surface area contributed by atoms with Crippen molar-refractivity contribution in [1.82, 2.24) is 4.90 Å². The van der Waals surface area contributed by atoms with E-state index in [9.17, 15) is 9.90 Å². The van der Waals surface area contributed by atoms with Gasteiger partial charge < -0.3 is 9.84 Å². The van der Waals surface area contributed by atoms with Crippen molar-refractivity contribution >= 4 is 28.7 Å². The largest absolute Gasteiger partial charge is 0.465 e. The van der Waals surface area contributed by atoms with Gasteiger partial charge in [-0.15, -0.1) is 0 Å². The second-order valence-electron chi connectivity index (χ2n) is 6.15. The van der Waals surface area contributed by atoms with Crippen LogP contribution in [0.3, 0.4) is 0 Å². The third-order valence-electron chi connectivity index (χ3n) is 4.73. The molecule has 1 amide bonds. The minimum Gasteiger partial charge on any atom is -0.465 e. The number of nitrogens with zero attached hydrogens (tertiary/aromatic N) is 1. The van der Waals surface area contributed by atoms with Gasteiger partial charge in [0.05, 0.1) is 0 Å². The lowest BCUT2D eigenvalue weighted by molar-refractivity contribution is -0.0563. The van der Waals surface area contributed by atoms with E-state index in [1.807, 2.05) is 12.1 Å². The number of methoxy groups -OCH3 is 1. The van der Waals surface area contributed by atoms with Crippen LogP contribution in [0.4, 0.5) is 4.79 Å². The Labute approximate surface area is 152 Å². The van der Waals surface area contributed by atoms with Gasteiger partial charge in [-0.25, -0.2) is 4.79 Å². The van der Waals surface area contributed by atoms with E-state index in [4.69, 9.17) is 4.74 Å². The number of amides is 1. The van der Waals surface area contributed by atoms with E-state index in [0.717, 1.165) is 38.5 Å². The molecule has 23 heavy (non-hydrogen) atoms. The fourth-order valence-corrected chi connectivity index (χ4v) is 4.47. The number of rotatable bonds is 6. The van der Waals surface area contributed by atoms with Crippen LogP contribution in [0.5, 0.6) is 0 Å². The van der Waals surface area contributed by atoms with Gasteiger partial charge in [0, 0.05) is 22.6 Å². The Balaban J connectivity index is 2.34. The summed E-state index contributed by atoms with van der Waals surface area (Å²) in [6.45, 7) is 2.06. The molecule has 0 aliphatic heterocycles. The highest BCUT2D eigenvalue weighted by atomic mass is 127. The first-order valence-electron chi connectivity index (χ1n) is 8.38. The lowest BCUT2D eigenvalue weighted by Gasteiger charge is -2.42. The van der Waals surface area contributed by atoms with E-state index in [1.54, 1.807) is 12.0 Å². The van der Waals surface area contributed by atoms with Gasteiger partial charge in [0.2, 0.25) is 0 Å². The average Bonchev–Trinajstić information content (AvgIpc) is 2.55. The third-order valence-corrected chi connectivity index (χ3v) is 5.71. The molecule has 1 saturated carbocycles.